The lowest BCUT2D eigenvalue weighted by atomic mass is 9.67. The first-order valence-electron chi connectivity index (χ1n) is 8.31. The van der Waals surface area contributed by atoms with Gasteiger partial charge < -0.3 is 10.1 Å². The van der Waals surface area contributed by atoms with Crippen LogP contribution >= 0.6 is 0 Å². The molecule has 0 saturated heterocycles. The van der Waals surface area contributed by atoms with Crippen LogP contribution in [0.1, 0.15) is 52.0 Å². The van der Waals surface area contributed by atoms with E-state index in [4.69, 9.17) is 11.2 Å². The minimum absolute atomic E-state index is 0.262. The second-order valence-electron chi connectivity index (χ2n) is 7.55. The molecule has 1 amide bonds. The molecule has 1 fully saturated rings. The first-order chi connectivity index (χ1) is 10.8. The van der Waals surface area contributed by atoms with Gasteiger partial charge in [-0.2, -0.15) is 0 Å². The zero-order valence-corrected chi connectivity index (χ0v) is 14.4. The fourth-order valence-corrected chi connectivity index (χ4v) is 3.24. The molecule has 1 aromatic carbocycles. The van der Waals surface area contributed by atoms with Crippen LogP contribution in [0.5, 0.6) is 0 Å². The SMILES string of the molecule is C#CC1(NC(=O)OCc2ccccc2)CCC(C(C)(C)C)CC1. The van der Waals surface area contributed by atoms with Crippen LogP contribution in [0, 0.1) is 23.7 Å². The molecule has 0 aromatic heterocycles. The van der Waals surface area contributed by atoms with E-state index in [-0.39, 0.29) is 12.0 Å². The van der Waals surface area contributed by atoms with E-state index >= 15 is 0 Å². The third kappa shape index (κ3) is 4.76. The van der Waals surface area contributed by atoms with Gasteiger partial charge >= 0.3 is 6.09 Å². The highest BCUT2D eigenvalue weighted by molar-refractivity contribution is 5.69. The van der Waals surface area contributed by atoms with Crippen LogP contribution in [0.4, 0.5) is 4.79 Å². The number of nitrogens with one attached hydrogen (secondary N) is 1. The second kappa shape index (κ2) is 7.08. The first kappa shape index (κ1) is 17.4. The summed E-state index contributed by atoms with van der Waals surface area (Å²) in [5, 5.41) is 2.93. The monoisotopic (exact) mass is 313 g/mol. The van der Waals surface area contributed by atoms with Gasteiger partial charge in [0.15, 0.2) is 0 Å². The number of hydrogen-bond acceptors (Lipinski definition) is 2. The highest BCUT2D eigenvalue weighted by Gasteiger charge is 2.38. The summed E-state index contributed by atoms with van der Waals surface area (Å²) < 4.78 is 5.31. The number of ether oxygens (including phenoxy) is 1. The zero-order chi connectivity index (χ0) is 16.9. The van der Waals surface area contributed by atoms with E-state index in [9.17, 15) is 4.79 Å². The van der Waals surface area contributed by atoms with Crippen molar-refractivity contribution in [3.05, 3.63) is 35.9 Å². The quantitative estimate of drug-likeness (QED) is 0.833. The maximum absolute atomic E-state index is 12.1. The Morgan fingerprint density at radius 3 is 2.43 bits per heavy atom. The third-order valence-electron chi connectivity index (χ3n) is 4.89. The smallest absolute Gasteiger partial charge is 0.408 e. The Balaban J connectivity index is 1.87. The molecule has 1 aliphatic rings. The van der Waals surface area contributed by atoms with Gasteiger partial charge in [0.1, 0.15) is 12.1 Å². The Hall–Kier alpha value is -1.95. The van der Waals surface area contributed by atoms with Crippen LogP contribution in [-0.4, -0.2) is 11.6 Å². The number of alkyl carbamates (subject to hydrolysis) is 1. The van der Waals surface area contributed by atoms with Crippen molar-refractivity contribution < 1.29 is 9.53 Å². The number of benzene rings is 1. The summed E-state index contributed by atoms with van der Waals surface area (Å²) in [6.45, 7) is 7.06. The van der Waals surface area contributed by atoms with Gasteiger partial charge in [0.2, 0.25) is 0 Å². The van der Waals surface area contributed by atoms with Gasteiger partial charge in [0.05, 0.1) is 0 Å². The topological polar surface area (TPSA) is 38.3 Å². The summed E-state index contributed by atoms with van der Waals surface area (Å²) >= 11 is 0. The standard InChI is InChI=1S/C20H27NO2/c1-5-20(13-11-17(12-14-20)19(2,3)4)21-18(22)23-15-16-9-7-6-8-10-16/h1,6-10,17H,11-15H2,2-4H3,(H,21,22). The Morgan fingerprint density at radius 1 is 1.30 bits per heavy atom. The number of hydrogen-bond donors (Lipinski definition) is 1. The van der Waals surface area contributed by atoms with Crippen LogP contribution in [0.25, 0.3) is 0 Å². The molecule has 124 valence electrons. The van der Waals surface area contributed by atoms with Crippen LogP contribution in [-0.2, 0) is 11.3 Å². The lowest BCUT2D eigenvalue weighted by molar-refractivity contribution is 0.109. The maximum Gasteiger partial charge on any atom is 0.408 e. The van der Waals surface area contributed by atoms with Gasteiger partial charge in [-0.15, -0.1) is 6.42 Å². The molecule has 1 aliphatic carbocycles. The molecule has 0 radical (unpaired) electrons. The minimum Gasteiger partial charge on any atom is -0.445 e. The average molecular weight is 313 g/mol. The Labute approximate surface area is 139 Å². The van der Waals surface area contributed by atoms with E-state index in [0.717, 1.165) is 31.2 Å². The van der Waals surface area contributed by atoms with E-state index in [2.05, 4.69) is 32.0 Å². The molecular weight excluding hydrogens is 286 g/mol. The Morgan fingerprint density at radius 2 is 1.91 bits per heavy atom. The minimum atomic E-state index is -0.560. The van der Waals surface area contributed by atoms with Crippen LogP contribution in [0.15, 0.2) is 30.3 Å². The van der Waals surface area contributed by atoms with E-state index in [1.807, 2.05) is 30.3 Å². The molecule has 0 aliphatic heterocycles. The largest absolute Gasteiger partial charge is 0.445 e. The van der Waals surface area contributed by atoms with Gasteiger partial charge in [-0.25, -0.2) is 4.79 Å². The fourth-order valence-electron chi connectivity index (χ4n) is 3.24. The van der Waals surface area contributed by atoms with E-state index < -0.39 is 11.6 Å². The van der Waals surface area contributed by atoms with Crippen molar-refractivity contribution in [3.63, 3.8) is 0 Å². The van der Waals surface area contributed by atoms with Gasteiger partial charge in [-0.1, -0.05) is 57.0 Å². The lowest BCUT2D eigenvalue weighted by Crippen LogP contribution is -2.50. The predicted octanol–water partition coefficient (Wildman–Crippen LogP) is 4.52. The van der Waals surface area contributed by atoms with Crippen LogP contribution in [0.3, 0.4) is 0 Å². The molecule has 0 spiro atoms. The summed E-state index contributed by atoms with van der Waals surface area (Å²) in [6, 6.07) is 9.64. The Bertz CT molecular complexity index is 558. The zero-order valence-electron chi connectivity index (χ0n) is 14.4. The molecule has 0 bridgehead atoms. The molecular formula is C20H27NO2. The lowest BCUT2D eigenvalue weighted by Gasteiger charge is -2.41. The number of carbonyl (C=O) groups excluding carboxylic acids is 1. The predicted molar refractivity (Wildman–Crippen MR) is 92.7 cm³/mol. The second-order valence-corrected chi connectivity index (χ2v) is 7.55. The van der Waals surface area contributed by atoms with Crippen molar-refractivity contribution in [1.82, 2.24) is 5.32 Å². The van der Waals surface area contributed by atoms with Gasteiger partial charge in [0, 0.05) is 0 Å². The van der Waals surface area contributed by atoms with E-state index in [1.54, 1.807) is 0 Å². The normalized spacial score (nSPS) is 24.5. The summed E-state index contributed by atoms with van der Waals surface area (Å²) in [4.78, 5) is 12.1. The average Bonchev–Trinajstić information content (AvgIpc) is 2.53. The van der Waals surface area contributed by atoms with Crippen molar-refractivity contribution in [3.8, 4) is 12.3 Å². The van der Waals surface area contributed by atoms with Crippen molar-refractivity contribution >= 4 is 6.09 Å². The molecule has 1 N–H and O–H groups in total. The summed E-state index contributed by atoms with van der Waals surface area (Å²) in [7, 11) is 0. The molecule has 2 rings (SSSR count). The van der Waals surface area contributed by atoms with Gasteiger partial charge in [-0.3, -0.25) is 0 Å². The maximum atomic E-state index is 12.1. The molecule has 1 saturated carbocycles. The molecule has 3 heteroatoms. The summed E-state index contributed by atoms with van der Waals surface area (Å²) in [5.41, 5.74) is 0.693. The van der Waals surface area contributed by atoms with Crippen LogP contribution in [0.2, 0.25) is 0 Å². The molecule has 0 heterocycles. The summed E-state index contributed by atoms with van der Waals surface area (Å²) in [6.07, 6.45) is 8.99. The highest BCUT2D eigenvalue weighted by Crippen LogP contribution is 2.41. The van der Waals surface area contributed by atoms with Crippen molar-refractivity contribution in [1.29, 1.82) is 0 Å². The number of carbonyl (C=O) groups is 1. The van der Waals surface area contributed by atoms with E-state index in [0.29, 0.717) is 5.92 Å². The highest BCUT2D eigenvalue weighted by atomic mass is 16.5. The van der Waals surface area contributed by atoms with Crippen molar-refractivity contribution in [2.45, 2.75) is 58.6 Å². The third-order valence-corrected chi connectivity index (χ3v) is 4.89. The fraction of sp³-hybridized carbons (Fsp3) is 0.550. The molecule has 0 unspecified atom stereocenters. The molecule has 23 heavy (non-hydrogen) atoms. The van der Waals surface area contributed by atoms with Crippen molar-refractivity contribution in [2.24, 2.45) is 11.3 Å². The van der Waals surface area contributed by atoms with Crippen molar-refractivity contribution in [2.75, 3.05) is 0 Å². The van der Waals surface area contributed by atoms with Gasteiger partial charge in [-0.05, 0) is 42.6 Å². The number of rotatable bonds is 3. The molecule has 1 aromatic rings. The Kier molecular flexibility index (Phi) is 5.36. The first-order valence-corrected chi connectivity index (χ1v) is 8.31. The van der Waals surface area contributed by atoms with E-state index in [1.165, 1.54) is 0 Å². The molecule has 3 nitrogen and oxygen atoms in total. The number of amides is 1. The van der Waals surface area contributed by atoms with Crippen LogP contribution < -0.4 is 5.32 Å². The molecule has 0 atom stereocenters. The van der Waals surface area contributed by atoms with Gasteiger partial charge in [0.25, 0.3) is 0 Å². The number of terminal acetylenes is 1. The summed E-state index contributed by atoms with van der Waals surface area (Å²) in [5.74, 6) is 3.45.